The van der Waals surface area contributed by atoms with Crippen LogP contribution in [0.2, 0.25) is 0 Å². The molecule has 0 N–H and O–H groups in total. The van der Waals surface area contributed by atoms with Gasteiger partial charge in [-0.25, -0.2) is 0 Å². The van der Waals surface area contributed by atoms with Crippen molar-refractivity contribution in [1.82, 2.24) is 0 Å². The number of rotatable bonds is 3. The highest BCUT2D eigenvalue weighted by molar-refractivity contribution is 6.14. The molecule has 0 radical (unpaired) electrons. The van der Waals surface area contributed by atoms with E-state index in [1.165, 1.54) is 11.4 Å². The summed E-state index contributed by atoms with van der Waals surface area (Å²) < 4.78 is 11.9. The maximum atomic E-state index is 6.13. The SMILES string of the molecule is CCN1c2ccccc2N(c2c(OC)ccc3oc4ccccc4c23)[C@H]1C. The Bertz CT molecular complexity index is 1150. The minimum Gasteiger partial charge on any atom is -0.495 e. The van der Waals surface area contributed by atoms with Crippen LogP contribution in [0, 0.1) is 0 Å². The average Bonchev–Trinajstić information content (AvgIpc) is 3.21. The number of hydrogen-bond acceptors (Lipinski definition) is 4. The van der Waals surface area contributed by atoms with Crippen molar-refractivity contribution in [3.63, 3.8) is 0 Å². The summed E-state index contributed by atoms with van der Waals surface area (Å²) in [6.07, 6.45) is 0.181. The van der Waals surface area contributed by atoms with Crippen LogP contribution in [0.25, 0.3) is 21.9 Å². The van der Waals surface area contributed by atoms with Crippen molar-refractivity contribution >= 4 is 39.0 Å². The Kier molecular flexibility index (Phi) is 3.54. The Morgan fingerprint density at radius 2 is 1.67 bits per heavy atom. The second kappa shape index (κ2) is 5.95. The summed E-state index contributed by atoms with van der Waals surface area (Å²) in [6.45, 7) is 5.38. The molecular formula is C23H22N2O2. The van der Waals surface area contributed by atoms with Crippen molar-refractivity contribution < 1.29 is 9.15 Å². The molecule has 0 spiro atoms. The lowest BCUT2D eigenvalue weighted by molar-refractivity contribution is 0.415. The van der Waals surface area contributed by atoms with Crippen LogP contribution in [0.4, 0.5) is 17.1 Å². The molecule has 2 heterocycles. The van der Waals surface area contributed by atoms with Gasteiger partial charge in [-0.15, -0.1) is 0 Å². The normalized spacial score (nSPS) is 16.3. The predicted molar refractivity (Wildman–Crippen MR) is 111 cm³/mol. The second-order valence-corrected chi connectivity index (χ2v) is 6.86. The molecule has 0 fully saturated rings. The van der Waals surface area contributed by atoms with Crippen LogP contribution in [-0.4, -0.2) is 19.8 Å². The minimum atomic E-state index is 0.181. The lowest BCUT2D eigenvalue weighted by atomic mass is 10.1. The van der Waals surface area contributed by atoms with Gasteiger partial charge in [0.05, 0.1) is 29.6 Å². The quantitative estimate of drug-likeness (QED) is 0.455. The van der Waals surface area contributed by atoms with Crippen LogP contribution >= 0.6 is 0 Å². The summed E-state index contributed by atoms with van der Waals surface area (Å²) in [5, 5.41) is 2.21. The molecule has 4 nitrogen and oxygen atoms in total. The van der Waals surface area contributed by atoms with E-state index in [1.807, 2.05) is 24.3 Å². The molecule has 4 heteroatoms. The number of fused-ring (bicyclic) bond motifs is 4. The summed E-state index contributed by atoms with van der Waals surface area (Å²) >= 11 is 0. The molecule has 1 aliphatic rings. The molecule has 5 rings (SSSR count). The molecular weight excluding hydrogens is 336 g/mol. The monoisotopic (exact) mass is 358 g/mol. The molecule has 0 aliphatic carbocycles. The van der Waals surface area contributed by atoms with Gasteiger partial charge in [-0.2, -0.15) is 0 Å². The number of ether oxygens (including phenoxy) is 1. The fourth-order valence-corrected chi connectivity index (χ4v) is 4.38. The number of methoxy groups -OCH3 is 1. The number of benzene rings is 3. The van der Waals surface area contributed by atoms with E-state index >= 15 is 0 Å². The summed E-state index contributed by atoms with van der Waals surface area (Å²) in [7, 11) is 1.73. The van der Waals surface area contributed by atoms with Gasteiger partial charge in [0.15, 0.2) is 0 Å². The largest absolute Gasteiger partial charge is 0.495 e. The third kappa shape index (κ3) is 2.16. The first-order valence-electron chi connectivity index (χ1n) is 9.37. The van der Waals surface area contributed by atoms with Gasteiger partial charge < -0.3 is 19.0 Å². The molecule has 0 saturated carbocycles. The highest BCUT2D eigenvalue weighted by Gasteiger charge is 2.35. The molecule has 3 aromatic carbocycles. The Morgan fingerprint density at radius 3 is 2.44 bits per heavy atom. The van der Waals surface area contributed by atoms with Crippen LogP contribution in [0.1, 0.15) is 13.8 Å². The van der Waals surface area contributed by atoms with Gasteiger partial charge in [-0.3, -0.25) is 0 Å². The zero-order valence-corrected chi connectivity index (χ0v) is 15.8. The topological polar surface area (TPSA) is 28.9 Å². The van der Waals surface area contributed by atoms with Gasteiger partial charge in [0, 0.05) is 11.9 Å². The molecule has 136 valence electrons. The van der Waals surface area contributed by atoms with Crippen LogP contribution < -0.4 is 14.5 Å². The van der Waals surface area contributed by atoms with Gasteiger partial charge in [-0.1, -0.05) is 30.3 Å². The standard InChI is InChI=1S/C23H22N2O2/c1-4-24-15(2)25(18-11-7-6-10-17(18)24)23-21(26-3)14-13-20-22(23)16-9-5-8-12-19(16)27-20/h5-15H,4H2,1-3H3/t15-/m0/s1. The molecule has 1 aliphatic heterocycles. The maximum absolute atomic E-state index is 6.13. The van der Waals surface area contributed by atoms with Crippen LogP contribution in [0.3, 0.4) is 0 Å². The second-order valence-electron chi connectivity index (χ2n) is 6.86. The molecule has 4 aromatic rings. The van der Waals surface area contributed by atoms with Crippen molar-refractivity contribution in [2.45, 2.75) is 20.0 Å². The van der Waals surface area contributed by atoms with Gasteiger partial charge in [0.2, 0.25) is 0 Å². The summed E-state index contributed by atoms with van der Waals surface area (Å²) in [5.41, 5.74) is 5.29. The molecule has 27 heavy (non-hydrogen) atoms. The minimum absolute atomic E-state index is 0.181. The van der Waals surface area contributed by atoms with Crippen molar-refractivity contribution in [3.8, 4) is 5.75 Å². The zero-order valence-electron chi connectivity index (χ0n) is 15.8. The van der Waals surface area contributed by atoms with E-state index in [9.17, 15) is 0 Å². The summed E-state index contributed by atoms with van der Waals surface area (Å²) in [6, 6.07) is 20.8. The lowest BCUT2D eigenvalue weighted by Crippen LogP contribution is -2.38. The Morgan fingerprint density at radius 1 is 0.926 bits per heavy atom. The molecule has 0 amide bonds. The zero-order chi connectivity index (χ0) is 18.5. The van der Waals surface area contributed by atoms with Gasteiger partial charge in [-0.05, 0) is 44.2 Å². The summed E-state index contributed by atoms with van der Waals surface area (Å²) in [4.78, 5) is 4.79. The van der Waals surface area contributed by atoms with Crippen molar-refractivity contribution in [3.05, 3.63) is 60.7 Å². The number of anilines is 3. The van der Waals surface area contributed by atoms with E-state index in [1.54, 1.807) is 7.11 Å². The van der Waals surface area contributed by atoms with Crippen molar-refractivity contribution in [2.24, 2.45) is 0 Å². The highest BCUT2D eigenvalue weighted by atomic mass is 16.5. The van der Waals surface area contributed by atoms with Crippen LogP contribution in [0.5, 0.6) is 5.75 Å². The molecule has 0 bridgehead atoms. The molecule has 1 aromatic heterocycles. The number of para-hydroxylation sites is 3. The fourth-order valence-electron chi connectivity index (χ4n) is 4.38. The maximum Gasteiger partial charge on any atom is 0.143 e. The molecule has 0 saturated heterocycles. The fraction of sp³-hybridized carbons (Fsp3) is 0.217. The van der Waals surface area contributed by atoms with Crippen LogP contribution in [-0.2, 0) is 0 Å². The van der Waals surface area contributed by atoms with Crippen LogP contribution in [0.15, 0.2) is 65.1 Å². The molecule has 1 atom stereocenters. The first-order chi connectivity index (χ1) is 13.2. The number of hydrogen-bond donors (Lipinski definition) is 0. The first kappa shape index (κ1) is 16.1. The first-order valence-corrected chi connectivity index (χ1v) is 9.37. The number of furan rings is 1. The van der Waals surface area contributed by atoms with Crippen molar-refractivity contribution in [2.75, 3.05) is 23.5 Å². The average molecular weight is 358 g/mol. The van der Waals surface area contributed by atoms with E-state index in [0.717, 1.165) is 39.9 Å². The van der Waals surface area contributed by atoms with Crippen molar-refractivity contribution in [1.29, 1.82) is 0 Å². The van der Waals surface area contributed by atoms with E-state index in [0.29, 0.717) is 0 Å². The van der Waals surface area contributed by atoms with E-state index < -0.39 is 0 Å². The predicted octanol–water partition coefficient (Wildman–Crippen LogP) is 5.92. The molecule has 0 unspecified atom stereocenters. The number of nitrogens with zero attached hydrogens (tertiary/aromatic N) is 2. The van der Waals surface area contributed by atoms with E-state index in [2.05, 4.69) is 60.0 Å². The third-order valence-corrected chi connectivity index (χ3v) is 5.56. The Labute approximate surface area is 158 Å². The van der Waals surface area contributed by atoms with E-state index in [4.69, 9.17) is 9.15 Å². The van der Waals surface area contributed by atoms with Gasteiger partial charge in [0.1, 0.15) is 23.1 Å². The smallest absolute Gasteiger partial charge is 0.143 e. The summed E-state index contributed by atoms with van der Waals surface area (Å²) in [5.74, 6) is 0.855. The van der Waals surface area contributed by atoms with Gasteiger partial charge >= 0.3 is 0 Å². The highest BCUT2D eigenvalue weighted by Crippen LogP contribution is 2.50. The Balaban J connectivity index is 1.87. The Hall–Kier alpha value is -3.14. The lowest BCUT2D eigenvalue weighted by Gasteiger charge is -2.30. The van der Waals surface area contributed by atoms with Gasteiger partial charge in [0.25, 0.3) is 0 Å². The van der Waals surface area contributed by atoms with E-state index in [-0.39, 0.29) is 6.17 Å². The third-order valence-electron chi connectivity index (χ3n) is 5.56.